The number of amides is 1. The summed E-state index contributed by atoms with van der Waals surface area (Å²) in [6.07, 6.45) is 1.98. The number of fused-ring (bicyclic) bond motifs is 1. The van der Waals surface area contributed by atoms with Gasteiger partial charge in [-0.3, -0.25) is 9.36 Å². The second-order valence-corrected chi connectivity index (χ2v) is 7.88. The van der Waals surface area contributed by atoms with Crippen LogP contribution in [-0.4, -0.2) is 28.8 Å². The maximum atomic E-state index is 12.9. The number of hydrogen-bond donors (Lipinski definition) is 1. The summed E-state index contributed by atoms with van der Waals surface area (Å²) in [7, 11) is 1.87. The number of carbonyl (C=O) groups excluding carboxylic acids is 1. The molecule has 0 unspecified atom stereocenters. The Kier molecular flexibility index (Phi) is 6.04. The molecule has 0 radical (unpaired) electrons. The second kappa shape index (κ2) is 9.06. The van der Waals surface area contributed by atoms with Crippen LogP contribution in [0.15, 0.2) is 88.6 Å². The number of aromatic nitrogens is 2. The molecule has 1 N–H and O–H groups in total. The Morgan fingerprint density at radius 3 is 2.55 bits per heavy atom. The maximum Gasteiger partial charge on any atom is 0.350 e. The molecule has 0 saturated heterocycles. The van der Waals surface area contributed by atoms with Gasteiger partial charge in [-0.25, -0.2) is 4.79 Å². The number of carbonyl (C=O) groups is 1. The van der Waals surface area contributed by atoms with Gasteiger partial charge in [0.2, 0.25) is 5.91 Å². The topological polar surface area (TPSA) is 67.2 Å². The van der Waals surface area contributed by atoms with Gasteiger partial charge in [0, 0.05) is 28.7 Å². The third-order valence-corrected chi connectivity index (χ3v) is 5.71. The molecule has 0 aliphatic heterocycles. The first-order valence-corrected chi connectivity index (χ1v) is 11.0. The van der Waals surface area contributed by atoms with Gasteiger partial charge >= 0.3 is 5.69 Å². The van der Waals surface area contributed by atoms with E-state index in [4.69, 9.17) is 0 Å². The molecule has 0 saturated carbocycles. The van der Waals surface area contributed by atoms with Crippen molar-refractivity contribution >= 4 is 45.8 Å². The molecule has 0 bridgehead atoms. The average molecular weight is 431 g/mol. The lowest BCUT2D eigenvalue weighted by atomic mass is 10.2. The van der Waals surface area contributed by atoms with Crippen LogP contribution < -0.4 is 15.9 Å². The first-order chi connectivity index (χ1) is 15.1. The monoisotopic (exact) mass is 430 g/mol. The highest BCUT2D eigenvalue weighted by molar-refractivity contribution is 7.98. The largest absolute Gasteiger partial charge is 0.350 e. The van der Waals surface area contributed by atoms with Crippen molar-refractivity contribution in [2.24, 2.45) is 0 Å². The third kappa shape index (κ3) is 4.46. The van der Waals surface area contributed by atoms with Crippen molar-refractivity contribution in [2.75, 3.05) is 23.5 Å². The number of benzene rings is 3. The first kappa shape index (κ1) is 20.7. The minimum absolute atomic E-state index is 0.120. The van der Waals surface area contributed by atoms with Crippen LogP contribution in [0.2, 0.25) is 0 Å². The Labute approximate surface area is 184 Å². The fraction of sp³-hybridized carbons (Fsp3) is 0.125. The van der Waals surface area contributed by atoms with Crippen LogP contribution in [0.1, 0.15) is 0 Å². The van der Waals surface area contributed by atoms with Crippen molar-refractivity contribution in [2.45, 2.75) is 11.4 Å². The second-order valence-electron chi connectivity index (χ2n) is 7.00. The number of nitrogens with one attached hydrogen (secondary N) is 1. The molecule has 31 heavy (non-hydrogen) atoms. The zero-order valence-electron chi connectivity index (χ0n) is 17.3. The number of anilines is 3. The highest BCUT2D eigenvalue weighted by Gasteiger charge is 2.16. The molecule has 4 aromatic rings. The quantitative estimate of drug-likeness (QED) is 0.456. The summed E-state index contributed by atoms with van der Waals surface area (Å²) < 4.78 is 1.41. The summed E-state index contributed by atoms with van der Waals surface area (Å²) in [5, 5.41) is 3.67. The SMILES string of the molecule is CSc1cccc(NC(=O)Cn2c(=O)nc(N(C)c3ccccc3)c3ccccc32)c1. The van der Waals surface area contributed by atoms with Crippen molar-refractivity contribution < 1.29 is 4.79 Å². The van der Waals surface area contributed by atoms with E-state index in [0.717, 1.165) is 16.0 Å². The van der Waals surface area contributed by atoms with Gasteiger partial charge in [-0.1, -0.05) is 36.4 Å². The molecule has 0 aliphatic rings. The summed E-state index contributed by atoms with van der Waals surface area (Å²) in [6, 6.07) is 24.8. The molecule has 0 spiro atoms. The van der Waals surface area contributed by atoms with Crippen LogP contribution in [0.4, 0.5) is 17.2 Å². The van der Waals surface area contributed by atoms with Crippen molar-refractivity contribution in [3.63, 3.8) is 0 Å². The zero-order chi connectivity index (χ0) is 21.8. The van der Waals surface area contributed by atoms with Gasteiger partial charge < -0.3 is 10.2 Å². The van der Waals surface area contributed by atoms with Crippen molar-refractivity contribution in [3.05, 3.63) is 89.3 Å². The number of thioether (sulfide) groups is 1. The average Bonchev–Trinajstić information content (AvgIpc) is 2.81. The normalized spacial score (nSPS) is 10.8. The van der Waals surface area contributed by atoms with E-state index >= 15 is 0 Å². The lowest BCUT2D eigenvalue weighted by molar-refractivity contribution is -0.116. The fourth-order valence-corrected chi connectivity index (χ4v) is 3.90. The van der Waals surface area contributed by atoms with Gasteiger partial charge in [-0.2, -0.15) is 4.98 Å². The summed E-state index contributed by atoms with van der Waals surface area (Å²) in [5.74, 6) is 0.271. The molecular formula is C24H22N4O2S. The van der Waals surface area contributed by atoms with Gasteiger partial charge in [0.05, 0.1) is 5.52 Å². The number of nitrogens with zero attached hydrogens (tertiary/aromatic N) is 3. The van der Waals surface area contributed by atoms with Gasteiger partial charge in [0.1, 0.15) is 12.4 Å². The van der Waals surface area contributed by atoms with Gasteiger partial charge in [-0.15, -0.1) is 11.8 Å². The maximum absolute atomic E-state index is 12.9. The molecule has 1 amide bonds. The van der Waals surface area contributed by atoms with Crippen LogP contribution in [0, 0.1) is 0 Å². The molecule has 0 atom stereocenters. The van der Waals surface area contributed by atoms with Crippen LogP contribution >= 0.6 is 11.8 Å². The number of rotatable bonds is 6. The van der Waals surface area contributed by atoms with Gasteiger partial charge in [0.15, 0.2) is 0 Å². The molecule has 0 aliphatic carbocycles. The minimum atomic E-state index is -0.468. The summed E-state index contributed by atoms with van der Waals surface area (Å²) in [4.78, 5) is 32.9. The number of para-hydroxylation sites is 2. The number of hydrogen-bond acceptors (Lipinski definition) is 5. The van der Waals surface area contributed by atoms with E-state index in [1.54, 1.807) is 11.8 Å². The molecule has 0 fully saturated rings. The Bertz CT molecular complexity index is 1290. The molecule has 1 aromatic heterocycles. The van der Waals surface area contributed by atoms with Crippen molar-refractivity contribution in [1.82, 2.24) is 9.55 Å². The lowest BCUT2D eigenvalue weighted by Crippen LogP contribution is -2.31. The summed E-state index contributed by atoms with van der Waals surface area (Å²) in [6.45, 7) is -0.120. The fourth-order valence-electron chi connectivity index (χ4n) is 3.44. The Morgan fingerprint density at radius 1 is 1.03 bits per heavy atom. The Morgan fingerprint density at radius 2 is 1.77 bits per heavy atom. The highest BCUT2D eigenvalue weighted by Crippen LogP contribution is 2.27. The molecular weight excluding hydrogens is 408 g/mol. The van der Waals surface area contributed by atoms with Gasteiger partial charge in [-0.05, 0) is 48.7 Å². The highest BCUT2D eigenvalue weighted by atomic mass is 32.2. The Hall–Kier alpha value is -3.58. The Balaban J connectivity index is 1.68. The molecule has 4 rings (SSSR count). The van der Waals surface area contributed by atoms with Crippen LogP contribution in [-0.2, 0) is 11.3 Å². The standard InChI is InChI=1S/C24H22N4O2S/c1-27(18-10-4-3-5-11-18)23-20-13-6-7-14-21(20)28(24(30)26-23)16-22(29)25-17-9-8-12-19(15-17)31-2/h3-15H,16H2,1-2H3,(H,25,29). The van der Waals surface area contributed by atoms with E-state index in [9.17, 15) is 9.59 Å². The van der Waals surface area contributed by atoms with Crippen LogP contribution in [0.3, 0.4) is 0 Å². The van der Waals surface area contributed by atoms with E-state index in [1.807, 2.05) is 97.1 Å². The van der Waals surface area contributed by atoms with E-state index < -0.39 is 5.69 Å². The molecule has 156 valence electrons. The van der Waals surface area contributed by atoms with Crippen LogP contribution in [0.5, 0.6) is 0 Å². The summed E-state index contributed by atoms with van der Waals surface area (Å²) >= 11 is 1.60. The molecule has 3 aromatic carbocycles. The zero-order valence-corrected chi connectivity index (χ0v) is 18.1. The van der Waals surface area contributed by atoms with Gasteiger partial charge in [0.25, 0.3) is 0 Å². The summed E-state index contributed by atoms with van der Waals surface area (Å²) in [5.41, 5.74) is 1.81. The molecule has 1 heterocycles. The van der Waals surface area contributed by atoms with Crippen molar-refractivity contribution in [1.29, 1.82) is 0 Å². The van der Waals surface area contributed by atoms with E-state index in [1.165, 1.54) is 4.57 Å². The van der Waals surface area contributed by atoms with E-state index in [2.05, 4.69) is 10.3 Å². The molecule has 6 nitrogen and oxygen atoms in total. The molecule has 7 heteroatoms. The van der Waals surface area contributed by atoms with E-state index in [0.29, 0.717) is 17.0 Å². The third-order valence-electron chi connectivity index (χ3n) is 4.98. The van der Waals surface area contributed by atoms with Crippen LogP contribution in [0.25, 0.3) is 10.9 Å². The minimum Gasteiger partial charge on any atom is -0.329 e. The first-order valence-electron chi connectivity index (χ1n) is 9.79. The van der Waals surface area contributed by atoms with E-state index in [-0.39, 0.29) is 12.5 Å². The predicted octanol–water partition coefficient (Wildman–Crippen LogP) is 4.53. The lowest BCUT2D eigenvalue weighted by Gasteiger charge is -2.21. The van der Waals surface area contributed by atoms with Crippen molar-refractivity contribution in [3.8, 4) is 0 Å². The smallest absolute Gasteiger partial charge is 0.329 e. The predicted molar refractivity (Wildman–Crippen MR) is 127 cm³/mol.